The van der Waals surface area contributed by atoms with Crippen molar-refractivity contribution in [3.63, 3.8) is 0 Å². The van der Waals surface area contributed by atoms with Crippen LogP contribution in [0.25, 0.3) is 11.5 Å². The summed E-state index contributed by atoms with van der Waals surface area (Å²) in [6.45, 7) is 3.69. The van der Waals surface area contributed by atoms with Crippen molar-refractivity contribution in [2.45, 2.75) is 19.4 Å². The van der Waals surface area contributed by atoms with Gasteiger partial charge in [0.15, 0.2) is 5.82 Å². The second-order valence-corrected chi connectivity index (χ2v) is 5.09. The molecule has 0 aliphatic heterocycles. The number of hydrogen-bond donors (Lipinski definition) is 1. The van der Waals surface area contributed by atoms with Gasteiger partial charge in [0.05, 0.1) is 11.5 Å². The Hall–Kier alpha value is -2.32. The predicted molar refractivity (Wildman–Crippen MR) is 74.5 cm³/mol. The minimum Gasteiger partial charge on any atom is -0.382 e. The number of rotatable bonds is 5. The second-order valence-electron chi connectivity index (χ2n) is 5.09. The third-order valence-electron chi connectivity index (χ3n) is 2.90. The maximum atomic E-state index is 10.9. The van der Waals surface area contributed by atoms with Crippen LogP contribution in [0.1, 0.15) is 18.3 Å². The molecule has 0 fully saturated rings. The molecule has 1 atom stereocenters. The third-order valence-corrected chi connectivity index (χ3v) is 2.90. The van der Waals surface area contributed by atoms with E-state index in [1.54, 1.807) is 19.9 Å². The first-order valence-electron chi connectivity index (χ1n) is 6.22. The Kier molecular flexibility index (Phi) is 4.01. The Morgan fingerprint density at radius 3 is 2.81 bits per heavy atom. The van der Waals surface area contributed by atoms with Crippen molar-refractivity contribution in [1.29, 1.82) is 0 Å². The minimum absolute atomic E-state index is 0.0304. The SMILES string of the molecule is COCC(C)(N)c1noc(-c2cc(C)cc([N+](=O)[O-])c2)n1. The summed E-state index contributed by atoms with van der Waals surface area (Å²) >= 11 is 0. The van der Waals surface area contributed by atoms with Crippen molar-refractivity contribution in [3.8, 4) is 11.5 Å². The first kappa shape index (κ1) is 15.1. The third kappa shape index (κ3) is 3.23. The van der Waals surface area contributed by atoms with E-state index in [2.05, 4.69) is 10.1 Å². The molecule has 0 saturated carbocycles. The first-order valence-corrected chi connectivity index (χ1v) is 6.22. The minimum atomic E-state index is -0.897. The summed E-state index contributed by atoms with van der Waals surface area (Å²) in [7, 11) is 1.52. The molecule has 2 rings (SSSR count). The van der Waals surface area contributed by atoms with Gasteiger partial charge in [-0.1, -0.05) is 5.16 Å². The summed E-state index contributed by atoms with van der Waals surface area (Å²) in [5.74, 6) is 0.466. The lowest BCUT2D eigenvalue weighted by molar-refractivity contribution is -0.384. The van der Waals surface area contributed by atoms with Gasteiger partial charge in [0.1, 0.15) is 5.54 Å². The molecule has 1 aromatic heterocycles. The maximum absolute atomic E-state index is 10.9. The quantitative estimate of drug-likeness (QED) is 0.659. The van der Waals surface area contributed by atoms with Gasteiger partial charge in [-0.05, 0) is 25.5 Å². The molecule has 0 saturated heterocycles. The van der Waals surface area contributed by atoms with Crippen LogP contribution in [0.5, 0.6) is 0 Å². The molecule has 0 spiro atoms. The number of aromatic nitrogens is 2. The lowest BCUT2D eigenvalue weighted by Gasteiger charge is -2.18. The van der Waals surface area contributed by atoms with E-state index < -0.39 is 10.5 Å². The van der Waals surface area contributed by atoms with Crippen molar-refractivity contribution in [2.75, 3.05) is 13.7 Å². The van der Waals surface area contributed by atoms with E-state index in [9.17, 15) is 10.1 Å². The summed E-state index contributed by atoms with van der Waals surface area (Å²) < 4.78 is 10.2. The van der Waals surface area contributed by atoms with Crippen LogP contribution in [0.15, 0.2) is 22.7 Å². The number of benzene rings is 1. The average Bonchev–Trinajstić information content (AvgIpc) is 2.88. The number of methoxy groups -OCH3 is 1. The van der Waals surface area contributed by atoms with Crippen LogP contribution in [-0.2, 0) is 10.3 Å². The number of nitrogens with two attached hydrogens (primary N) is 1. The Morgan fingerprint density at radius 1 is 1.48 bits per heavy atom. The molecule has 8 heteroatoms. The zero-order chi connectivity index (χ0) is 15.6. The van der Waals surface area contributed by atoms with Crippen LogP contribution >= 0.6 is 0 Å². The van der Waals surface area contributed by atoms with E-state index in [-0.39, 0.29) is 24.0 Å². The summed E-state index contributed by atoms with van der Waals surface area (Å²) in [6.07, 6.45) is 0. The molecule has 0 aliphatic rings. The fourth-order valence-electron chi connectivity index (χ4n) is 1.93. The van der Waals surface area contributed by atoms with Crippen molar-refractivity contribution in [3.05, 3.63) is 39.7 Å². The number of non-ortho nitro benzene ring substituents is 1. The molecule has 0 radical (unpaired) electrons. The molecule has 8 nitrogen and oxygen atoms in total. The highest BCUT2D eigenvalue weighted by atomic mass is 16.6. The summed E-state index contributed by atoms with van der Waals surface area (Å²) in [5.41, 5.74) is 6.31. The van der Waals surface area contributed by atoms with Crippen LogP contribution in [0.4, 0.5) is 5.69 Å². The molecule has 0 bridgehead atoms. The molecule has 2 N–H and O–H groups in total. The standard InChI is InChI=1S/C13H16N4O4/c1-8-4-9(6-10(5-8)17(18)19)11-15-12(16-21-11)13(2,14)7-20-3/h4-6H,7,14H2,1-3H3. The van der Waals surface area contributed by atoms with E-state index in [1.165, 1.54) is 19.2 Å². The van der Waals surface area contributed by atoms with E-state index >= 15 is 0 Å². The Balaban J connectivity index is 2.40. The summed E-state index contributed by atoms with van der Waals surface area (Å²) in [5, 5.41) is 14.7. The first-order chi connectivity index (χ1) is 9.83. The number of nitro benzene ring substituents is 1. The van der Waals surface area contributed by atoms with Gasteiger partial charge < -0.3 is 15.0 Å². The lowest BCUT2D eigenvalue weighted by Crippen LogP contribution is -2.38. The Labute approximate surface area is 121 Å². The van der Waals surface area contributed by atoms with Crippen molar-refractivity contribution >= 4 is 5.69 Å². The highest BCUT2D eigenvalue weighted by molar-refractivity contribution is 5.59. The molecule has 2 aromatic rings. The van der Waals surface area contributed by atoms with E-state index in [1.807, 2.05) is 0 Å². The Bertz CT molecular complexity index is 666. The average molecular weight is 292 g/mol. The van der Waals surface area contributed by atoms with Crippen LogP contribution in [0, 0.1) is 17.0 Å². The molecule has 0 amide bonds. The monoisotopic (exact) mass is 292 g/mol. The second kappa shape index (κ2) is 5.58. The van der Waals surface area contributed by atoms with Gasteiger partial charge in [0.2, 0.25) is 0 Å². The van der Waals surface area contributed by atoms with Crippen LogP contribution in [0.2, 0.25) is 0 Å². The fourth-order valence-corrected chi connectivity index (χ4v) is 1.93. The molecule has 1 unspecified atom stereocenters. The van der Waals surface area contributed by atoms with E-state index in [4.69, 9.17) is 15.0 Å². The van der Waals surface area contributed by atoms with Gasteiger partial charge in [0, 0.05) is 24.8 Å². The van der Waals surface area contributed by atoms with Crippen LogP contribution in [0.3, 0.4) is 0 Å². The normalized spacial score (nSPS) is 13.9. The molecule has 1 aromatic carbocycles. The molecular weight excluding hydrogens is 276 g/mol. The fraction of sp³-hybridized carbons (Fsp3) is 0.385. The highest BCUT2D eigenvalue weighted by Crippen LogP contribution is 2.26. The summed E-state index contributed by atoms with van der Waals surface area (Å²) in [4.78, 5) is 14.6. The van der Waals surface area contributed by atoms with Crippen molar-refractivity contribution in [1.82, 2.24) is 10.1 Å². The molecule has 0 aliphatic carbocycles. The molecule has 112 valence electrons. The molecular formula is C13H16N4O4. The van der Waals surface area contributed by atoms with Gasteiger partial charge in [-0.15, -0.1) is 0 Å². The van der Waals surface area contributed by atoms with Crippen LogP contribution in [-0.4, -0.2) is 28.8 Å². The molecule has 21 heavy (non-hydrogen) atoms. The predicted octanol–water partition coefficient (Wildman–Crippen LogP) is 1.77. The Morgan fingerprint density at radius 2 is 2.19 bits per heavy atom. The molecule has 1 heterocycles. The van der Waals surface area contributed by atoms with Gasteiger partial charge in [-0.3, -0.25) is 10.1 Å². The zero-order valence-electron chi connectivity index (χ0n) is 12.0. The van der Waals surface area contributed by atoms with Gasteiger partial charge >= 0.3 is 0 Å². The number of ether oxygens (including phenoxy) is 1. The lowest BCUT2D eigenvalue weighted by atomic mass is 10.1. The number of hydrogen-bond acceptors (Lipinski definition) is 7. The van der Waals surface area contributed by atoms with Crippen molar-refractivity contribution < 1.29 is 14.2 Å². The van der Waals surface area contributed by atoms with Gasteiger partial charge in [-0.2, -0.15) is 4.98 Å². The zero-order valence-corrected chi connectivity index (χ0v) is 12.0. The van der Waals surface area contributed by atoms with E-state index in [0.29, 0.717) is 5.56 Å². The topological polar surface area (TPSA) is 117 Å². The van der Waals surface area contributed by atoms with Crippen molar-refractivity contribution in [2.24, 2.45) is 5.73 Å². The largest absolute Gasteiger partial charge is 0.382 e. The van der Waals surface area contributed by atoms with E-state index in [0.717, 1.165) is 5.56 Å². The number of nitrogens with zero attached hydrogens (tertiary/aromatic N) is 3. The maximum Gasteiger partial charge on any atom is 0.270 e. The van der Waals surface area contributed by atoms with Crippen LogP contribution < -0.4 is 5.73 Å². The van der Waals surface area contributed by atoms with Gasteiger partial charge in [-0.25, -0.2) is 0 Å². The number of aryl methyl sites for hydroxylation is 1. The van der Waals surface area contributed by atoms with Gasteiger partial charge in [0.25, 0.3) is 11.6 Å². The number of nitro groups is 1. The smallest absolute Gasteiger partial charge is 0.270 e. The summed E-state index contributed by atoms with van der Waals surface area (Å²) in [6, 6.07) is 4.59. The highest BCUT2D eigenvalue weighted by Gasteiger charge is 2.28.